The van der Waals surface area contributed by atoms with Gasteiger partial charge in [-0.25, -0.2) is 0 Å². The number of rotatable bonds is 8. The van der Waals surface area contributed by atoms with Gasteiger partial charge in [0.1, 0.15) is 0 Å². The Bertz CT molecular complexity index is 243. The minimum absolute atomic E-state index is 0.0713. The summed E-state index contributed by atoms with van der Waals surface area (Å²) in [4.78, 5) is 21.3. The molecule has 0 aromatic carbocycles. The Hall–Kier alpha value is -0.963. The van der Waals surface area contributed by atoms with Crippen LogP contribution in [0.4, 0.5) is 0 Å². The molecule has 0 aliphatic heterocycles. The fourth-order valence-electron chi connectivity index (χ4n) is 1.26. The number of carboxylic acids is 2. The van der Waals surface area contributed by atoms with E-state index in [1.54, 1.807) is 0 Å². The van der Waals surface area contributed by atoms with Crippen molar-refractivity contribution in [1.29, 1.82) is 0 Å². The fraction of sp³-hybridized carbons (Fsp3) is 0.750. The molecule has 0 aromatic heterocycles. The van der Waals surface area contributed by atoms with Crippen molar-refractivity contribution in [2.24, 2.45) is 5.92 Å². The van der Waals surface area contributed by atoms with E-state index in [9.17, 15) is 9.59 Å². The van der Waals surface area contributed by atoms with Crippen LogP contribution in [0.2, 0.25) is 6.04 Å². The lowest BCUT2D eigenvalue weighted by molar-refractivity contribution is -0.147. The van der Waals surface area contributed by atoms with Gasteiger partial charge in [-0.05, 0) is 0 Å². The van der Waals surface area contributed by atoms with E-state index in [4.69, 9.17) is 23.5 Å². The van der Waals surface area contributed by atoms with Crippen molar-refractivity contribution in [2.75, 3.05) is 21.3 Å². The van der Waals surface area contributed by atoms with Crippen LogP contribution in [0.15, 0.2) is 0 Å². The zero-order chi connectivity index (χ0) is 12.8. The van der Waals surface area contributed by atoms with Crippen molar-refractivity contribution in [2.45, 2.75) is 12.5 Å². The minimum Gasteiger partial charge on any atom is -0.481 e. The van der Waals surface area contributed by atoms with Crippen molar-refractivity contribution in [1.82, 2.24) is 0 Å². The number of hydrogen-bond acceptors (Lipinski definition) is 5. The summed E-state index contributed by atoms with van der Waals surface area (Å²) >= 11 is 0. The standard InChI is InChI=1S/C8H16O7Si/c1-13-16(14-2,15-3)5-6(8(11)12)4-7(9)10/h6H,4-5H2,1-3H3,(H,9,10)(H,11,12). The predicted octanol–water partition coefficient (Wildman–Crippen LogP) is 0.0400. The summed E-state index contributed by atoms with van der Waals surface area (Å²) in [5.41, 5.74) is 0. The summed E-state index contributed by atoms with van der Waals surface area (Å²) in [5, 5.41) is 17.4. The Kier molecular flexibility index (Phi) is 6.19. The third kappa shape index (κ3) is 4.27. The van der Waals surface area contributed by atoms with Crippen LogP contribution in [0, 0.1) is 5.92 Å². The van der Waals surface area contributed by atoms with Gasteiger partial charge in [-0.1, -0.05) is 0 Å². The smallest absolute Gasteiger partial charge is 0.481 e. The molecular formula is C8H16O7Si. The second-order valence-corrected chi connectivity index (χ2v) is 6.13. The van der Waals surface area contributed by atoms with E-state index >= 15 is 0 Å². The fourth-order valence-corrected chi connectivity index (χ4v) is 3.18. The first-order valence-corrected chi connectivity index (χ1v) is 6.44. The van der Waals surface area contributed by atoms with Gasteiger partial charge in [0, 0.05) is 27.4 Å². The second kappa shape index (κ2) is 6.58. The second-order valence-electron chi connectivity index (χ2n) is 3.13. The number of hydrogen-bond donors (Lipinski definition) is 2. The largest absolute Gasteiger partial charge is 0.501 e. The molecule has 0 aromatic rings. The lowest BCUT2D eigenvalue weighted by Crippen LogP contribution is -2.45. The first kappa shape index (κ1) is 15.0. The molecule has 1 atom stereocenters. The van der Waals surface area contributed by atoms with Crippen LogP contribution >= 0.6 is 0 Å². The van der Waals surface area contributed by atoms with Crippen LogP contribution in [-0.4, -0.2) is 52.3 Å². The predicted molar refractivity (Wildman–Crippen MR) is 55.0 cm³/mol. The number of aliphatic carboxylic acids is 2. The van der Waals surface area contributed by atoms with Gasteiger partial charge in [0.25, 0.3) is 0 Å². The molecule has 0 amide bonds. The Morgan fingerprint density at radius 1 is 1.12 bits per heavy atom. The molecule has 0 heterocycles. The molecule has 0 spiro atoms. The monoisotopic (exact) mass is 252 g/mol. The molecule has 0 rings (SSSR count). The van der Waals surface area contributed by atoms with Gasteiger partial charge in [0.05, 0.1) is 12.3 Å². The number of carboxylic acid groups (broad SMARTS) is 2. The van der Waals surface area contributed by atoms with Crippen LogP contribution in [0.1, 0.15) is 6.42 Å². The zero-order valence-electron chi connectivity index (χ0n) is 9.43. The molecule has 0 fully saturated rings. The SMILES string of the molecule is CO[Si](CC(CC(=O)O)C(=O)O)(OC)OC. The molecule has 16 heavy (non-hydrogen) atoms. The van der Waals surface area contributed by atoms with E-state index in [0.717, 1.165) is 0 Å². The highest BCUT2D eigenvalue weighted by molar-refractivity contribution is 6.60. The van der Waals surface area contributed by atoms with Crippen LogP contribution in [0.25, 0.3) is 0 Å². The maximum atomic E-state index is 10.9. The van der Waals surface area contributed by atoms with E-state index in [2.05, 4.69) is 0 Å². The van der Waals surface area contributed by atoms with Crippen LogP contribution < -0.4 is 0 Å². The molecule has 2 N–H and O–H groups in total. The van der Waals surface area contributed by atoms with Gasteiger partial charge < -0.3 is 23.5 Å². The van der Waals surface area contributed by atoms with Gasteiger partial charge in [-0.2, -0.15) is 0 Å². The summed E-state index contributed by atoms with van der Waals surface area (Å²) in [6, 6.07) is -0.0713. The molecule has 7 nitrogen and oxygen atoms in total. The summed E-state index contributed by atoms with van der Waals surface area (Å²) in [6.45, 7) is 0. The molecule has 0 radical (unpaired) electrons. The highest BCUT2D eigenvalue weighted by atomic mass is 28.4. The average Bonchev–Trinajstić information content (AvgIpc) is 2.24. The molecule has 1 unspecified atom stereocenters. The van der Waals surface area contributed by atoms with Crippen LogP contribution in [-0.2, 0) is 22.9 Å². The summed E-state index contributed by atoms with van der Waals surface area (Å²) in [6.07, 6.45) is -0.486. The average molecular weight is 252 g/mol. The van der Waals surface area contributed by atoms with Crippen molar-refractivity contribution >= 4 is 20.7 Å². The molecule has 0 saturated heterocycles. The first-order chi connectivity index (χ1) is 7.40. The Morgan fingerprint density at radius 3 is 1.81 bits per heavy atom. The molecule has 8 heteroatoms. The molecule has 0 saturated carbocycles. The quantitative estimate of drug-likeness (QED) is 0.588. The zero-order valence-corrected chi connectivity index (χ0v) is 10.4. The van der Waals surface area contributed by atoms with Crippen molar-refractivity contribution < 1.29 is 33.1 Å². The van der Waals surface area contributed by atoms with Gasteiger partial charge in [0.15, 0.2) is 0 Å². The topological polar surface area (TPSA) is 102 Å². The number of carbonyl (C=O) groups is 2. The van der Waals surface area contributed by atoms with Gasteiger partial charge in [-0.15, -0.1) is 0 Å². The third-order valence-electron chi connectivity index (χ3n) is 2.20. The molecule has 0 aliphatic rings. The lowest BCUT2D eigenvalue weighted by atomic mass is 10.1. The molecule has 0 aliphatic carbocycles. The lowest BCUT2D eigenvalue weighted by Gasteiger charge is -2.26. The summed E-state index contributed by atoms with van der Waals surface area (Å²) in [5.74, 6) is -3.46. The van der Waals surface area contributed by atoms with Crippen molar-refractivity contribution in [3.8, 4) is 0 Å². The van der Waals surface area contributed by atoms with Gasteiger partial charge in [-0.3, -0.25) is 9.59 Å². The van der Waals surface area contributed by atoms with E-state index < -0.39 is 33.1 Å². The highest BCUT2D eigenvalue weighted by Gasteiger charge is 2.43. The van der Waals surface area contributed by atoms with E-state index in [-0.39, 0.29) is 6.04 Å². The maximum Gasteiger partial charge on any atom is 0.501 e. The van der Waals surface area contributed by atoms with Crippen LogP contribution in [0.5, 0.6) is 0 Å². The highest BCUT2D eigenvalue weighted by Crippen LogP contribution is 2.22. The summed E-state index contributed by atoms with van der Waals surface area (Å²) in [7, 11) is 0.984. The van der Waals surface area contributed by atoms with Crippen molar-refractivity contribution in [3.05, 3.63) is 0 Å². The third-order valence-corrected chi connectivity index (χ3v) is 5.06. The van der Waals surface area contributed by atoms with E-state index in [1.165, 1.54) is 21.3 Å². The molecule has 94 valence electrons. The van der Waals surface area contributed by atoms with Gasteiger partial charge in [0.2, 0.25) is 0 Å². The Labute approximate surface area is 94.3 Å². The molecule has 0 bridgehead atoms. The Balaban J connectivity index is 4.70. The van der Waals surface area contributed by atoms with E-state index in [1.807, 2.05) is 0 Å². The van der Waals surface area contributed by atoms with Gasteiger partial charge >= 0.3 is 20.7 Å². The normalized spacial score (nSPS) is 13.4. The van der Waals surface area contributed by atoms with E-state index in [0.29, 0.717) is 0 Å². The minimum atomic E-state index is -3.05. The molecular weight excluding hydrogens is 236 g/mol. The van der Waals surface area contributed by atoms with Crippen molar-refractivity contribution in [3.63, 3.8) is 0 Å². The maximum absolute atomic E-state index is 10.9. The summed E-state index contributed by atoms with van der Waals surface area (Å²) < 4.78 is 15.1. The Morgan fingerprint density at radius 2 is 1.56 bits per heavy atom. The first-order valence-electron chi connectivity index (χ1n) is 4.50. The van der Waals surface area contributed by atoms with Crippen LogP contribution in [0.3, 0.4) is 0 Å².